The standard InChI is InChI=1S/C22H30N2O3S/c1-3-18-9-12-21(27-2)22(17-18)28(25,26)23-14-13-19-7-10-20(11-8-19)24-15-5-4-6-16-24/h7-12,17,23H,3-6,13-16H2,1-2H3. The van der Waals surface area contributed by atoms with E-state index in [1.165, 1.54) is 32.1 Å². The van der Waals surface area contributed by atoms with Crippen molar-refractivity contribution in [2.45, 2.75) is 43.9 Å². The van der Waals surface area contributed by atoms with Gasteiger partial charge in [-0.1, -0.05) is 25.1 Å². The summed E-state index contributed by atoms with van der Waals surface area (Å²) >= 11 is 0. The van der Waals surface area contributed by atoms with Crippen molar-refractivity contribution in [2.75, 3.05) is 31.6 Å². The highest BCUT2D eigenvalue weighted by Crippen LogP contribution is 2.25. The second kappa shape index (κ2) is 9.43. The van der Waals surface area contributed by atoms with Gasteiger partial charge in [0.2, 0.25) is 10.0 Å². The van der Waals surface area contributed by atoms with Crippen LogP contribution in [0.3, 0.4) is 0 Å². The fourth-order valence-corrected chi connectivity index (χ4v) is 4.83. The molecule has 1 N–H and O–H groups in total. The van der Waals surface area contributed by atoms with Gasteiger partial charge in [-0.05, 0) is 67.5 Å². The number of aryl methyl sites for hydroxylation is 1. The van der Waals surface area contributed by atoms with Gasteiger partial charge >= 0.3 is 0 Å². The highest BCUT2D eigenvalue weighted by molar-refractivity contribution is 7.89. The lowest BCUT2D eigenvalue weighted by atomic mass is 10.1. The number of sulfonamides is 1. The van der Waals surface area contributed by atoms with Crippen molar-refractivity contribution in [3.63, 3.8) is 0 Å². The first-order valence-corrected chi connectivity index (χ1v) is 11.5. The van der Waals surface area contributed by atoms with Gasteiger partial charge in [-0.25, -0.2) is 13.1 Å². The molecular weight excluding hydrogens is 372 g/mol. The number of piperidine rings is 1. The Kier molecular flexibility index (Phi) is 6.97. The summed E-state index contributed by atoms with van der Waals surface area (Å²) in [5, 5.41) is 0. The molecule has 1 aliphatic heterocycles. The number of nitrogens with one attached hydrogen (secondary N) is 1. The summed E-state index contributed by atoms with van der Waals surface area (Å²) in [4.78, 5) is 2.62. The molecule has 0 bridgehead atoms. The number of hydrogen-bond acceptors (Lipinski definition) is 4. The van der Waals surface area contributed by atoms with Gasteiger partial charge in [-0.3, -0.25) is 0 Å². The summed E-state index contributed by atoms with van der Waals surface area (Å²) in [6.07, 6.45) is 5.25. The number of rotatable bonds is 8. The van der Waals surface area contributed by atoms with E-state index >= 15 is 0 Å². The Labute approximate surface area is 168 Å². The van der Waals surface area contributed by atoms with Crippen LogP contribution in [0.5, 0.6) is 5.75 Å². The fraction of sp³-hybridized carbons (Fsp3) is 0.455. The maximum atomic E-state index is 12.7. The molecule has 152 valence electrons. The zero-order valence-corrected chi connectivity index (χ0v) is 17.6. The number of hydrogen-bond donors (Lipinski definition) is 1. The van der Waals surface area contributed by atoms with Crippen molar-refractivity contribution >= 4 is 15.7 Å². The van der Waals surface area contributed by atoms with Gasteiger partial charge in [-0.15, -0.1) is 0 Å². The van der Waals surface area contributed by atoms with Crippen LogP contribution in [0.4, 0.5) is 5.69 Å². The summed E-state index contributed by atoms with van der Waals surface area (Å²) in [5.41, 5.74) is 3.34. The summed E-state index contributed by atoms with van der Waals surface area (Å²) in [7, 11) is -2.12. The number of anilines is 1. The molecule has 0 aromatic heterocycles. The minimum atomic E-state index is -3.61. The molecule has 1 heterocycles. The van der Waals surface area contributed by atoms with Crippen molar-refractivity contribution in [3.05, 3.63) is 53.6 Å². The molecule has 0 amide bonds. The number of ether oxygens (including phenoxy) is 1. The van der Waals surface area contributed by atoms with E-state index < -0.39 is 10.0 Å². The molecule has 1 aliphatic rings. The predicted molar refractivity (Wildman–Crippen MR) is 114 cm³/mol. The summed E-state index contributed by atoms with van der Waals surface area (Å²) in [5.74, 6) is 0.371. The minimum Gasteiger partial charge on any atom is -0.495 e. The topological polar surface area (TPSA) is 58.6 Å². The lowest BCUT2D eigenvalue weighted by Gasteiger charge is -2.28. The predicted octanol–water partition coefficient (Wildman–Crippen LogP) is 3.77. The Morgan fingerprint density at radius 3 is 2.32 bits per heavy atom. The molecule has 1 saturated heterocycles. The fourth-order valence-electron chi connectivity index (χ4n) is 3.58. The number of methoxy groups -OCH3 is 1. The average Bonchev–Trinajstić information content (AvgIpc) is 2.74. The van der Waals surface area contributed by atoms with Gasteiger partial charge in [0.05, 0.1) is 7.11 Å². The monoisotopic (exact) mass is 402 g/mol. The first kappa shape index (κ1) is 20.7. The van der Waals surface area contributed by atoms with Gasteiger partial charge in [0.15, 0.2) is 0 Å². The molecule has 6 heteroatoms. The second-order valence-electron chi connectivity index (χ2n) is 7.20. The Hall–Kier alpha value is -2.05. The third-order valence-corrected chi connectivity index (χ3v) is 6.77. The summed E-state index contributed by atoms with van der Waals surface area (Å²) in [6.45, 7) is 4.60. The van der Waals surface area contributed by atoms with Crippen LogP contribution in [0, 0.1) is 0 Å². The van der Waals surface area contributed by atoms with E-state index in [1.807, 2.05) is 13.0 Å². The van der Waals surface area contributed by atoms with Crippen LogP contribution in [0.1, 0.15) is 37.3 Å². The van der Waals surface area contributed by atoms with E-state index in [2.05, 4.69) is 33.9 Å². The first-order chi connectivity index (χ1) is 13.5. The number of benzene rings is 2. The van der Waals surface area contributed by atoms with E-state index in [4.69, 9.17) is 4.74 Å². The van der Waals surface area contributed by atoms with Gasteiger partial charge in [0.1, 0.15) is 10.6 Å². The van der Waals surface area contributed by atoms with E-state index in [9.17, 15) is 8.42 Å². The summed E-state index contributed by atoms with van der Waals surface area (Å²) < 4.78 is 33.4. The molecule has 28 heavy (non-hydrogen) atoms. The lowest BCUT2D eigenvalue weighted by molar-refractivity contribution is 0.402. The van der Waals surface area contributed by atoms with Gasteiger partial charge in [0, 0.05) is 25.3 Å². The van der Waals surface area contributed by atoms with Crippen LogP contribution in [0.25, 0.3) is 0 Å². The molecule has 0 aliphatic carbocycles. The third-order valence-electron chi connectivity index (χ3n) is 5.29. The van der Waals surface area contributed by atoms with Crippen LogP contribution < -0.4 is 14.4 Å². The van der Waals surface area contributed by atoms with Gasteiger partial charge in [-0.2, -0.15) is 0 Å². The average molecular weight is 403 g/mol. The van der Waals surface area contributed by atoms with Gasteiger partial charge < -0.3 is 9.64 Å². The van der Waals surface area contributed by atoms with Crippen LogP contribution >= 0.6 is 0 Å². The molecular formula is C22H30N2O3S. The first-order valence-electron chi connectivity index (χ1n) is 10.0. The molecule has 2 aromatic rings. The molecule has 5 nitrogen and oxygen atoms in total. The Morgan fingerprint density at radius 2 is 1.68 bits per heavy atom. The molecule has 2 aromatic carbocycles. The van der Waals surface area contributed by atoms with Crippen molar-refractivity contribution in [1.29, 1.82) is 0 Å². The van der Waals surface area contributed by atoms with Crippen LogP contribution in [0.15, 0.2) is 47.4 Å². The highest BCUT2D eigenvalue weighted by atomic mass is 32.2. The molecule has 0 atom stereocenters. The molecule has 1 fully saturated rings. The Balaban J connectivity index is 1.61. The molecule has 3 rings (SSSR count). The molecule has 0 saturated carbocycles. The third kappa shape index (κ3) is 5.06. The van der Waals surface area contributed by atoms with Crippen molar-refractivity contribution in [1.82, 2.24) is 4.72 Å². The Bertz CT molecular complexity index is 873. The second-order valence-corrected chi connectivity index (χ2v) is 8.94. The van der Waals surface area contributed by atoms with Crippen LogP contribution in [-0.2, 0) is 22.9 Å². The lowest BCUT2D eigenvalue weighted by Crippen LogP contribution is -2.29. The maximum absolute atomic E-state index is 12.7. The normalized spacial score (nSPS) is 14.9. The highest BCUT2D eigenvalue weighted by Gasteiger charge is 2.19. The smallest absolute Gasteiger partial charge is 0.244 e. The maximum Gasteiger partial charge on any atom is 0.244 e. The minimum absolute atomic E-state index is 0.204. The van der Waals surface area contributed by atoms with E-state index in [0.29, 0.717) is 18.7 Å². The van der Waals surface area contributed by atoms with Crippen LogP contribution in [-0.4, -0.2) is 35.2 Å². The van der Waals surface area contributed by atoms with Crippen molar-refractivity contribution < 1.29 is 13.2 Å². The van der Waals surface area contributed by atoms with Crippen LogP contribution in [0.2, 0.25) is 0 Å². The van der Waals surface area contributed by atoms with Gasteiger partial charge in [0.25, 0.3) is 0 Å². The van der Waals surface area contributed by atoms with Crippen molar-refractivity contribution in [2.24, 2.45) is 0 Å². The zero-order chi connectivity index (χ0) is 20.0. The largest absolute Gasteiger partial charge is 0.495 e. The van der Waals surface area contributed by atoms with E-state index in [0.717, 1.165) is 30.6 Å². The Morgan fingerprint density at radius 1 is 1.00 bits per heavy atom. The molecule has 0 unspecified atom stereocenters. The van der Waals surface area contributed by atoms with Crippen molar-refractivity contribution in [3.8, 4) is 5.75 Å². The van der Waals surface area contributed by atoms with E-state index in [1.54, 1.807) is 12.1 Å². The SMILES string of the molecule is CCc1ccc(OC)c(S(=O)(=O)NCCc2ccc(N3CCCCC3)cc2)c1. The van der Waals surface area contributed by atoms with E-state index in [-0.39, 0.29) is 4.90 Å². The number of nitrogens with zero attached hydrogens (tertiary/aromatic N) is 1. The molecule has 0 radical (unpaired) electrons. The molecule has 0 spiro atoms. The summed E-state index contributed by atoms with van der Waals surface area (Å²) in [6, 6.07) is 13.8. The zero-order valence-electron chi connectivity index (χ0n) is 16.8. The quantitative estimate of drug-likeness (QED) is 0.730.